The predicted octanol–water partition coefficient (Wildman–Crippen LogP) is 2.92. The second-order valence-corrected chi connectivity index (χ2v) is 6.54. The molecular formula is C17H18F3N5O3. The number of alkyl halides is 3. The van der Waals surface area contributed by atoms with Gasteiger partial charge in [0.2, 0.25) is 0 Å². The molecule has 3 heterocycles. The van der Waals surface area contributed by atoms with Crippen molar-refractivity contribution in [1.29, 1.82) is 0 Å². The number of aryl methyl sites for hydroxylation is 1. The van der Waals surface area contributed by atoms with E-state index in [1.807, 2.05) is 0 Å². The molecule has 0 saturated carbocycles. The Morgan fingerprint density at radius 1 is 1.32 bits per heavy atom. The third kappa shape index (κ3) is 4.24. The molecule has 2 amide bonds. The van der Waals surface area contributed by atoms with Gasteiger partial charge in [0.1, 0.15) is 5.82 Å². The van der Waals surface area contributed by atoms with Crippen LogP contribution in [0.3, 0.4) is 0 Å². The number of rotatable bonds is 3. The molecule has 1 aliphatic heterocycles. The van der Waals surface area contributed by atoms with Crippen LogP contribution in [-0.4, -0.2) is 49.9 Å². The minimum absolute atomic E-state index is 0.0901. The number of halogens is 3. The lowest BCUT2D eigenvalue weighted by Crippen LogP contribution is -2.44. The number of likely N-dealkylation sites (tertiary alicyclic amines) is 1. The number of aromatic nitrogens is 3. The Morgan fingerprint density at radius 2 is 2.07 bits per heavy atom. The molecule has 2 N–H and O–H groups in total. The average Bonchev–Trinajstić information content (AvgIpc) is 3.01. The number of anilines is 1. The zero-order valence-electron chi connectivity index (χ0n) is 14.9. The van der Waals surface area contributed by atoms with Crippen LogP contribution in [0.15, 0.2) is 24.4 Å². The van der Waals surface area contributed by atoms with E-state index in [0.29, 0.717) is 31.3 Å². The van der Waals surface area contributed by atoms with E-state index in [9.17, 15) is 22.8 Å². The number of pyridine rings is 1. The van der Waals surface area contributed by atoms with Crippen molar-refractivity contribution >= 4 is 17.8 Å². The molecule has 0 aliphatic carbocycles. The second-order valence-electron chi connectivity index (χ2n) is 6.54. The fourth-order valence-electron chi connectivity index (χ4n) is 2.99. The van der Waals surface area contributed by atoms with Crippen LogP contribution >= 0.6 is 0 Å². The SMILES string of the molecule is Cc1cc(NC(=O)N2CCCC(C(=O)O)C2)n(-c2ccc(C(F)(F)F)cn2)n1. The van der Waals surface area contributed by atoms with Crippen LogP contribution in [0, 0.1) is 12.8 Å². The number of hydrogen-bond acceptors (Lipinski definition) is 4. The molecule has 0 radical (unpaired) electrons. The van der Waals surface area contributed by atoms with Gasteiger partial charge >= 0.3 is 18.2 Å². The van der Waals surface area contributed by atoms with Gasteiger partial charge in [0.05, 0.1) is 17.2 Å². The summed E-state index contributed by atoms with van der Waals surface area (Å²) < 4.78 is 39.3. The fraction of sp³-hybridized carbons (Fsp3) is 0.412. The van der Waals surface area contributed by atoms with Gasteiger partial charge < -0.3 is 10.0 Å². The number of nitrogens with one attached hydrogen (secondary N) is 1. The number of aliphatic carboxylic acids is 1. The van der Waals surface area contributed by atoms with Crippen LogP contribution in [0.4, 0.5) is 23.8 Å². The minimum Gasteiger partial charge on any atom is -0.481 e. The third-order valence-electron chi connectivity index (χ3n) is 4.42. The van der Waals surface area contributed by atoms with Crippen molar-refractivity contribution < 1.29 is 27.9 Å². The molecule has 1 fully saturated rings. The predicted molar refractivity (Wildman–Crippen MR) is 92.0 cm³/mol. The maximum absolute atomic E-state index is 12.7. The molecule has 1 atom stereocenters. The minimum atomic E-state index is -4.50. The lowest BCUT2D eigenvalue weighted by Gasteiger charge is -2.30. The summed E-state index contributed by atoms with van der Waals surface area (Å²) in [5.74, 6) is -1.24. The third-order valence-corrected chi connectivity index (χ3v) is 4.42. The molecule has 28 heavy (non-hydrogen) atoms. The van der Waals surface area contributed by atoms with Gasteiger partial charge in [0.15, 0.2) is 5.82 Å². The molecule has 2 aromatic rings. The monoisotopic (exact) mass is 397 g/mol. The Hall–Kier alpha value is -3.11. The molecule has 3 rings (SSSR count). The van der Waals surface area contributed by atoms with Crippen molar-refractivity contribution in [3.8, 4) is 5.82 Å². The van der Waals surface area contributed by atoms with E-state index >= 15 is 0 Å². The maximum Gasteiger partial charge on any atom is 0.417 e. The molecule has 150 valence electrons. The maximum atomic E-state index is 12.7. The topological polar surface area (TPSA) is 100 Å². The van der Waals surface area contributed by atoms with Crippen molar-refractivity contribution in [2.75, 3.05) is 18.4 Å². The molecule has 1 aliphatic rings. The van der Waals surface area contributed by atoms with E-state index in [1.165, 1.54) is 9.58 Å². The highest BCUT2D eigenvalue weighted by molar-refractivity contribution is 5.89. The lowest BCUT2D eigenvalue weighted by molar-refractivity contribution is -0.143. The van der Waals surface area contributed by atoms with E-state index in [-0.39, 0.29) is 18.2 Å². The molecular weight excluding hydrogens is 379 g/mol. The highest BCUT2D eigenvalue weighted by Gasteiger charge is 2.31. The molecule has 8 nitrogen and oxygen atoms in total. The largest absolute Gasteiger partial charge is 0.481 e. The van der Waals surface area contributed by atoms with E-state index in [1.54, 1.807) is 13.0 Å². The van der Waals surface area contributed by atoms with Crippen LogP contribution in [0.1, 0.15) is 24.1 Å². The quantitative estimate of drug-likeness (QED) is 0.830. The van der Waals surface area contributed by atoms with Crippen LogP contribution in [0.5, 0.6) is 0 Å². The van der Waals surface area contributed by atoms with Crippen molar-refractivity contribution in [2.24, 2.45) is 5.92 Å². The summed E-state index contributed by atoms with van der Waals surface area (Å²) in [5.41, 5.74) is -0.363. The Morgan fingerprint density at radius 3 is 2.68 bits per heavy atom. The van der Waals surface area contributed by atoms with Gasteiger partial charge in [-0.1, -0.05) is 0 Å². The van der Waals surface area contributed by atoms with Crippen molar-refractivity contribution in [2.45, 2.75) is 25.9 Å². The highest BCUT2D eigenvalue weighted by atomic mass is 19.4. The van der Waals surface area contributed by atoms with Gasteiger partial charge in [-0.15, -0.1) is 0 Å². The number of hydrogen-bond donors (Lipinski definition) is 2. The van der Waals surface area contributed by atoms with Crippen LogP contribution in [-0.2, 0) is 11.0 Å². The number of amides is 2. The van der Waals surface area contributed by atoms with Crippen LogP contribution in [0.25, 0.3) is 5.82 Å². The first-order valence-corrected chi connectivity index (χ1v) is 8.54. The second kappa shape index (κ2) is 7.49. The zero-order valence-corrected chi connectivity index (χ0v) is 14.9. The fourth-order valence-corrected chi connectivity index (χ4v) is 2.99. The smallest absolute Gasteiger partial charge is 0.417 e. The highest BCUT2D eigenvalue weighted by Crippen LogP contribution is 2.29. The van der Waals surface area contributed by atoms with Gasteiger partial charge in [-0.05, 0) is 31.9 Å². The van der Waals surface area contributed by atoms with Crippen molar-refractivity contribution in [1.82, 2.24) is 19.7 Å². The molecule has 1 saturated heterocycles. The first-order chi connectivity index (χ1) is 13.1. The van der Waals surface area contributed by atoms with E-state index in [2.05, 4.69) is 15.4 Å². The molecule has 0 spiro atoms. The summed E-state index contributed by atoms with van der Waals surface area (Å²) >= 11 is 0. The van der Waals surface area contributed by atoms with Crippen molar-refractivity contribution in [3.05, 3.63) is 35.7 Å². The van der Waals surface area contributed by atoms with Crippen LogP contribution in [0.2, 0.25) is 0 Å². The van der Waals surface area contributed by atoms with Gasteiger partial charge in [-0.2, -0.15) is 23.0 Å². The van der Waals surface area contributed by atoms with Gasteiger partial charge in [-0.3, -0.25) is 10.1 Å². The van der Waals surface area contributed by atoms with Crippen LogP contribution < -0.4 is 5.32 Å². The Kier molecular flexibility index (Phi) is 5.25. The molecule has 0 aromatic carbocycles. The van der Waals surface area contributed by atoms with Gasteiger partial charge in [0.25, 0.3) is 0 Å². The molecule has 1 unspecified atom stereocenters. The normalized spacial score (nSPS) is 17.4. The average molecular weight is 397 g/mol. The number of carbonyl (C=O) groups excluding carboxylic acids is 1. The van der Waals surface area contributed by atoms with E-state index in [4.69, 9.17) is 5.11 Å². The number of carbonyl (C=O) groups is 2. The van der Waals surface area contributed by atoms with E-state index in [0.717, 1.165) is 12.1 Å². The first kappa shape index (κ1) is 19.6. The van der Waals surface area contributed by atoms with E-state index < -0.39 is 29.7 Å². The Bertz CT molecular complexity index is 879. The molecule has 0 bridgehead atoms. The number of carboxylic acid groups (broad SMARTS) is 1. The summed E-state index contributed by atoms with van der Waals surface area (Å²) in [6.45, 7) is 2.17. The standard InChI is InChI=1S/C17H18F3N5O3/c1-10-7-14(22-16(28)24-6-2-3-11(9-24)15(26)27)25(23-10)13-5-4-12(8-21-13)17(18,19)20/h4-5,7-8,11H,2-3,6,9H2,1H3,(H,22,28)(H,26,27). The number of nitrogens with zero attached hydrogens (tertiary/aromatic N) is 4. The summed E-state index contributed by atoms with van der Waals surface area (Å²) in [6.07, 6.45) is -2.73. The van der Waals surface area contributed by atoms with Gasteiger partial charge in [0, 0.05) is 25.4 Å². The summed E-state index contributed by atoms with van der Waals surface area (Å²) in [4.78, 5) is 28.9. The summed E-state index contributed by atoms with van der Waals surface area (Å²) in [5, 5.41) is 15.9. The summed E-state index contributed by atoms with van der Waals surface area (Å²) in [6, 6.07) is 3.09. The summed E-state index contributed by atoms with van der Waals surface area (Å²) in [7, 11) is 0. The number of carboxylic acids is 1. The molecule has 11 heteroatoms. The number of piperidine rings is 1. The Balaban J connectivity index is 1.79. The van der Waals surface area contributed by atoms with Gasteiger partial charge in [-0.25, -0.2) is 9.78 Å². The Labute approximate surface area is 158 Å². The molecule has 2 aromatic heterocycles. The lowest BCUT2D eigenvalue weighted by atomic mass is 9.99. The first-order valence-electron chi connectivity index (χ1n) is 8.54. The number of urea groups is 1. The van der Waals surface area contributed by atoms with Crippen molar-refractivity contribution in [3.63, 3.8) is 0 Å². The zero-order chi connectivity index (χ0) is 20.5.